The molecule has 184 valence electrons. The fourth-order valence-electron chi connectivity index (χ4n) is 3.61. The Morgan fingerprint density at radius 3 is 2.46 bits per heavy atom. The summed E-state index contributed by atoms with van der Waals surface area (Å²) in [6, 6.07) is 19.5. The molecule has 5 nitrogen and oxygen atoms in total. The average Bonchev–Trinajstić information content (AvgIpc) is 2.84. The second-order valence-corrected chi connectivity index (χ2v) is 9.76. The summed E-state index contributed by atoms with van der Waals surface area (Å²) in [5.74, 6) is -0.000748. The predicted molar refractivity (Wildman–Crippen MR) is 144 cm³/mol. The zero-order valence-electron chi connectivity index (χ0n) is 19.6. The molecule has 0 saturated heterocycles. The van der Waals surface area contributed by atoms with E-state index >= 15 is 0 Å². The highest BCUT2D eigenvalue weighted by molar-refractivity contribution is 9.10. The van der Waals surface area contributed by atoms with Crippen LogP contribution in [0.3, 0.4) is 0 Å². The summed E-state index contributed by atoms with van der Waals surface area (Å²) in [6.07, 6.45) is 0.348. The molecule has 0 aromatic heterocycles. The average molecular weight is 578 g/mol. The van der Waals surface area contributed by atoms with Crippen LogP contribution >= 0.6 is 39.1 Å². The topological polar surface area (TPSA) is 58.6 Å². The first-order valence-electron chi connectivity index (χ1n) is 11.2. The molecule has 8 heteroatoms. The van der Waals surface area contributed by atoms with E-state index in [2.05, 4.69) is 21.2 Å². The van der Waals surface area contributed by atoms with E-state index in [1.807, 2.05) is 56.3 Å². The van der Waals surface area contributed by atoms with E-state index in [4.69, 9.17) is 27.9 Å². The van der Waals surface area contributed by atoms with Crippen LogP contribution in [0.5, 0.6) is 5.75 Å². The Morgan fingerprint density at radius 2 is 1.80 bits per heavy atom. The maximum absolute atomic E-state index is 13.5. The number of carbonyl (C=O) groups is 2. The van der Waals surface area contributed by atoms with E-state index in [1.54, 1.807) is 24.3 Å². The Kier molecular flexibility index (Phi) is 10.0. The van der Waals surface area contributed by atoms with Gasteiger partial charge in [-0.2, -0.15) is 0 Å². The first-order chi connectivity index (χ1) is 16.8. The molecule has 3 aromatic carbocycles. The number of rotatable bonds is 10. The molecule has 1 atom stereocenters. The molecule has 0 radical (unpaired) electrons. The third-order valence-corrected chi connectivity index (χ3v) is 6.95. The zero-order valence-corrected chi connectivity index (χ0v) is 22.7. The number of benzene rings is 3. The second-order valence-electron chi connectivity index (χ2n) is 8.06. The molecule has 0 bridgehead atoms. The molecule has 0 aliphatic heterocycles. The van der Waals surface area contributed by atoms with Gasteiger partial charge < -0.3 is 15.0 Å². The highest BCUT2D eigenvalue weighted by Crippen LogP contribution is 2.25. The predicted octanol–water partition coefficient (Wildman–Crippen LogP) is 6.22. The zero-order chi connectivity index (χ0) is 25.4. The number of halogens is 3. The van der Waals surface area contributed by atoms with Gasteiger partial charge in [0.1, 0.15) is 11.8 Å². The summed E-state index contributed by atoms with van der Waals surface area (Å²) in [7, 11) is 0. The van der Waals surface area contributed by atoms with Crippen molar-refractivity contribution in [1.29, 1.82) is 0 Å². The molecule has 2 amide bonds. The highest BCUT2D eigenvalue weighted by atomic mass is 79.9. The minimum absolute atomic E-state index is 0.131. The van der Waals surface area contributed by atoms with Crippen molar-refractivity contribution in [2.24, 2.45) is 0 Å². The molecule has 0 spiro atoms. The van der Waals surface area contributed by atoms with Crippen LogP contribution < -0.4 is 10.1 Å². The molecule has 35 heavy (non-hydrogen) atoms. The van der Waals surface area contributed by atoms with E-state index in [1.165, 1.54) is 4.90 Å². The quantitative estimate of drug-likeness (QED) is 0.311. The van der Waals surface area contributed by atoms with Gasteiger partial charge in [0.05, 0.1) is 0 Å². The molecular formula is C27H27BrCl2N2O3. The van der Waals surface area contributed by atoms with Crippen molar-refractivity contribution in [2.45, 2.75) is 32.9 Å². The molecular weight excluding hydrogens is 551 g/mol. The minimum atomic E-state index is -0.758. The first-order valence-corrected chi connectivity index (χ1v) is 12.8. The number of amides is 2. The van der Waals surface area contributed by atoms with Gasteiger partial charge in [0.25, 0.3) is 5.91 Å². The number of aryl methyl sites for hydroxylation is 1. The van der Waals surface area contributed by atoms with E-state index in [0.717, 1.165) is 15.6 Å². The number of hydrogen-bond donors (Lipinski definition) is 1. The summed E-state index contributed by atoms with van der Waals surface area (Å²) < 4.78 is 6.77. The van der Waals surface area contributed by atoms with Crippen molar-refractivity contribution in [1.82, 2.24) is 10.2 Å². The third kappa shape index (κ3) is 7.72. The molecule has 1 N–H and O–H groups in total. The first kappa shape index (κ1) is 27.1. The van der Waals surface area contributed by atoms with Gasteiger partial charge in [0.2, 0.25) is 5.91 Å². The number of nitrogens with one attached hydrogen (secondary N) is 1. The lowest BCUT2D eigenvalue weighted by molar-refractivity contribution is -0.142. The molecule has 1 unspecified atom stereocenters. The minimum Gasteiger partial charge on any atom is -0.484 e. The SMILES string of the molecule is CCNC(=O)C(Cc1ccccc1)N(Cc1ccc(Cl)cc1Cl)C(=O)COc1ccc(Br)c(C)c1. The molecule has 0 heterocycles. The number of ether oxygens (including phenoxy) is 1. The summed E-state index contributed by atoms with van der Waals surface area (Å²) in [5.41, 5.74) is 2.61. The molecule has 3 rings (SSSR count). The van der Waals surface area contributed by atoms with Crippen LogP contribution in [0, 0.1) is 6.92 Å². The lowest BCUT2D eigenvalue weighted by Crippen LogP contribution is -2.51. The van der Waals surface area contributed by atoms with Crippen molar-refractivity contribution in [2.75, 3.05) is 13.2 Å². The van der Waals surface area contributed by atoms with Crippen LogP contribution in [0.4, 0.5) is 0 Å². The Bertz CT molecular complexity index is 1170. The second kappa shape index (κ2) is 13.0. The van der Waals surface area contributed by atoms with Crippen molar-refractivity contribution < 1.29 is 14.3 Å². The van der Waals surface area contributed by atoms with Gasteiger partial charge in [-0.1, -0.05) is 75.5 Å². The van der Waals surface area contributed by atoms with Gasteiger partial charge in [0.15, 0.2) is 6.61 Å². The Morgan fingerprint density at radius 1 is 1.06 bits per heavy atom. The number of nitrogens with zero attached hydrogens (tertiary/aromatic N) is 1. The van der Waals surface area contributed by atoms with Gasteiger partial charge in [-0.05, 0) is 60.9 Å². The van der Waals surface area contributed by atoms with Gasteiger partial charge in [0, 0.05) is 34.0 Å². The van der Waals surface area contributed by atoms with Crippen LogP contribution in [0.15, 0.2) is 71.2 Å². The Hall–Kier alpha value is -2.54. The van der Waals surface area contributed by atoms with Gasteiger partial charge >= 0.3 is 0 Å². The maximum atomic E-state index is 13.5. The van der Waals surface area contributed by atoms with E-state index in [0.29, 0.717) is 34.3 Å². The number of hydrogen-bond acceptors (Lipinski definition) is 3. The van der Waals surface area contributed by atoms with Gasteiger partial charge in [-0.25, -0.2) is 0 Å². The van der Waals surface area contributed by atoms with Gasteiger partial charge in [-0.3, -0.25) is 9.59 Å². The van der Waals surface area contributed by atoms with Crippen LogP contribution in [-0.4, -0.2) is 35.9 Å². The highest BCUT2D eigenvalue weighted by Gasteiger charge is 2.31. The normalized spacial score (nSPS) is 11.6. The summed E-state index contributed by atoms with van der Waals surface area (Å²) >= 11 is 16.0. The van der Waals surface area contributed by atoms with Crippen molar-refractivity contribution in [3.63, 3.8) is 0 Å². The van der Waals surface area contributed by atoms with Crippen LogP contribution in [0.2, 0.25) is 10.0 Å². The largest absolute Gasteiger partial charge is 0.484 e. The molecule has 0 saturated carbocycles. The summed E-state index contributed by atoms with van der Waals surface area (Å²) in [5, 5.41) is 3.79. The lowest BCUT2D eigenvalue weighted by atomic mass is 10.0. The van der Waals surface area contributed by atoms with Crippen molar-refractivity contribution >= 4 is 50.9 Å². The third-order valence-electron chi connectivity index (χ3n) is 5.47. The van der Waals surface area contributed by atoms with E-state index in [-0.39, 0.29) is 25.0 Å². The number of carbonyl (C=O) groups excluding carboxylic acids is 2. The van der Waals surface area contributed by atoms with E-state index in [9.17, 15) is 9.59 Å². The standard InChI is InChI=1S/C27H27BrCl2N2O3/c1-3-31-27(34)25(14-19-7-5-4-6-8-19)32(16-20-9-10-21(29)15-24(20)30)26(33)17-35-22-11-12-23(28)18(2)13-22/h4-13,15,25H,3,14,16-17H2,1-2H3,(H,31,34). The Balaban J connectivity index is 1.92. The van der Waals surface area contributed by atoms with E-state index < -0.39 is 6.04 Å². The number of likely N-dealkylation sites (N-methyl/N-ethyl adjacent to an activating group) is 1. The maximum Gasteiger partial charge on any atom is 0.261 e. The van der Waals surface area contributed by atoms with Gasteiger partial charge in [-0.15, -0.1) is 0 Å². The summed E-state index contributed by atoms with van der Waals surface area (Å²) in [6.45, 7) is 4.14. The molecule has 0 aliphatic carbocycles. The van der Waals surface area contributed by atoms with Crippen LogP contribution in [-0.2, 0) is 22.6 Å². The monoisotopic (exact) mass is 576 g/mol. The Labute approximate surface area is 224 Å². The smallest absolute Gasteiger partial charge is 0.261 e. The molecule has 0 fully saturated rings. The summed E-state index contributed by atoms with van der Waals surface area (Å²) in [4.78, 5) is 28.2. The molecule has 3 aromatic rings. The fourth-order valence-corrected chi connectivity index (χ4v) is 4.33. The van der Waals surface area contributed by atoms with Crippen LogP contribution in [0.25, 0.3) is 0 Å². The molecule has 0 aliphatic rings. The van der Waals surface area contributed by atoms with Crippen molar-refractivity contribution in [3.8, 4) is 5.75 Å². The fraction of sp³-hybridized carbons (Fsp3) is 0.259. The van der Waals surface area contributed by atoms with Crippen molar-refractivity contribution in [3.05, 3.63) is 97.9 Å². The lowest BCUT2D eigenvalue weighted by Gasteiger charge is -2.31. The van der Waals surface area contributed by atoms with Crippen LogP contribution in [0.1, 0.15) is 23.6 Å².